The molecule has 220 valence electrons. The van der Waals surface area contributed by atoms with Gasteiger partial charge >= 0.3 is 0 Å². The number of rotatable bonds is 4. The zero-order valence-electron chi connectivity index (χ0n) is 23.8. The molecule has 0 spiro atoms. The van der Waals surface area contributed by atoms with Crippen molar-refractivity contribution in [3.05, 3.63) is 0 Å². The normalized spacial score (nSPS) is 24.8. The lowest BCUT2D eigenvalue weighted by molar-refractivity contribution is -0.173. The molecule has 4 atom stereocenters. The highest BCUT2D eigenvalue weighted by atomic mass is 16.6. The molecule has 0 aromatic carbocycles. The van der Waals surface area contributed by atoms with E-state index >= 15 is 0 Å². The van der Waals surface area contributed by atoms with Gasteiger partial charge in [-0.1, -0.05) is 0 Å². The van der Waals surface area contributed by atoms with Gasteiger partial charge < -0.3 is 48.0 Å². The summed E-state index contributed by atoms with van der Waals surface area (Å²) in [5.41, 5.74) is 0. The second-order valence-corrected chi connectivity index (χ2v) is 9.32. The summed E-state index contributed by atoms with van der Waals surface area (Å²) in [5.74, 6) is -1.73. The van der Waals surface area contributed by atoms with Crippen LogP contribution in [0.2, 0.25) is 0 Å². The molecular formula is C24H44N4O10. The number of carbonyl (C=O) groups is 4. The van der Waals surface area contributed by atoms with Crippen molar-refractivity contribution in [1.82, 2.24) is 19.6 Å². The minimum atomic E-state index is -1.19. The van der Waals surface area contributed by atoms with Crippen LogP contribution in [0.15, 0.2) is 0 Å². The van der Waals surface area contributed by atoms with Gasteiger partial charge in [-0.2, -0.15) is 0 Å². The number of hydrogen-bond donors (Lipinski definition) is 0. The molecule has 0 aliphatic carbocycles. The van der Waals surface area contributed by atoms with E-state index in [1.165, 1.54) is 19.6 Å². The molecule has 1 saturated heterocycles. The van der Waals surface area contributed by atoms with E-state index in [9.17, 15) is 19.2 Å². The van der Waals surface area contributed by atoms with E-state index in [0.29, 0.717) is 0 Å². The summed E-state index contributed by atoms with van der Waals surface area (Å²) in [6, 6.07) is 0. The van der Waals surface area contributed by atoms with Gasteiger partial charge in [0, 0.05) is 56.4 Å². The summed E-state index contributed by atoms with van der Waals surface area (Å²) in [5, 5.41) is 0. The fraction of sp³-hybridized carbons (Fsp3) is 0.833. The Bertz CT molecular complexity index is 640. The first-order chi connectivity index (χ1) is 17.9. The molecule has 0 radical (unpaired) electrons. The quantitative estimate of drug-likeness (QED) is 0.385. The number of amides is 4. The van der Waals surface area contributed by atoms with Crippen molar-refractivity contribution in [2.45, 2.75) is 24.4 Å². The Morgan fingerprint density at radius 3 is 0.737 bits per heavy atom. The van der Waals surface area contributed by atoms with Crippen LogP contribution in [-0.2, 0) is 47.6 Å². The zero-order chi connectivity index (χ0) is 28.8. The van der Waals surface area contributed by atoms with Gasteiger partial charge in [-0.15, -0.1) is 0 Å². The van der Waals surface area contributed by atoms with Gasteiger partial charge in [0.1, 0.15) is 0 Å². The van der Waals surface area contributed by atoms with Crippen LogP contribution in [0.25, 0.3) is 0 Å². The third-order valence-electron chi connectivity index (χ3n) is 5.39. The fourth-order valence-corrected chi connectivity index (χ4v) is 3.31. The Kier molecular flexibility index (Phi) is 15.3. The minimum absolute atomic E-state index is 0.00771. The van der Waals surface area contributed by atoms with Gasteiger partial charge in [0.05, 0.1) is 52.9 Å². The number of carbonyl (C=O) groups excluding carboxylic acids is 4. The third-order valence-corrected chi connectivity index (χ3v) is 5.39. The maximum atomic E-state index is 12.8. The van der Waals surface area contributed by atoms with Gasteiger partial charge in [-0.3, -0.25) is 19.2 Å². The first kappa shape index (κ1) is 33.7. The summed E-state index contributed by atoms with van der Waals surface area (Å²) in [6.07, 6.45) is -4.77. The fourth-order valence-electron chi connectivity index (χ4n) is 3.31. The molecule has 14 heteroatoms. The lowest BCUT2D eigenvalue weighted by Gasteiger charge is -2.30. The second-order valence-electron chi connectivity index (χ2n) is 9.32. The van der Waals surface area contributed by atoms with E-state index < -0.39 is 48.0 Å². The maximum absolute atomic E-state index is 12.8. The monoisotopic (exact) mass is 548 g/mol. The molecule has 1 rings (SSSR count). The van der Waals surface area contributed by atoms with Crippen LogP contribution in [0.5, 0.6) is 0 Å². The first-order valence-corrected chi connectivity index (χ1v) is 12.4. The molecule has 0 bridgehead atoms. The Morgan fingerprint density at radius 2 is 0.579 bits per heavy atom. The van der Waals surface area contributed by atoms with Crippen LogP contribution in [0, 0.1) is 0 Å². The minimum Gasteiger partial charge on any atom is -0.377 e. The molecule has 1 aliphatic rings. The first-order valence-electron chi connectivity index (χ1n) is 12.4. The SMILES string of the molecule is CN(C)C(=O)C1OCCOCCOC(C(=O)N(C)C)C(C(=O)N(C)C)OCCOCCOC1C(=O)N(C)C. The Labute approximate surface area is 224 Å². The van der Waals surface area contributed by atoms with E-state index in [2.05, 4.69) is 0 Å². The zero-order valence-corrected chi connectivity index (χ0v) is 23.8. The predicted molar refractivity (Wildman–Crippen MR) is 135 cm³/mol. The van der Waals surface area contributed by atoms with Crippen LogP contribution in [-0.4, -0.2) is 177 Å². The second kappa shape index (κ2) is 17.3. The molecule has 1 aliphatic heterocycles. The van der Waals surface area contributed by atoms with Crippen molar-refractivity contribution in [3.63, 3.8) is 0 Å². The molecule has 14 nitrogen and oxygen atoms in total. The standard InChI is InChI=1S/C24H44N4O10/c1-25(2)21(29)17-18(22(30)26(3)4)36-14-10-34-12-16-38-20(24(32)28(7)8)19(23(31)27(5)6)37-15-11-33-9-13-35-17/h17-20H,9-16H2,1-8H3. The highest BCUT2D eigenvalue weighted by molar-refractivity contribution is 5.91. The van der Waals surface area contributed by atoms with E-state index in [0.717, 1.165) is 0 Å². The molecule has 1 fully saturated rings. The molecule has 4 unspecified atom stereocenters. The van der Waals surface area contributed by atoms with E-state index in [4.69, 9.17) is 28.4 Å². The Balaban J connectivity index is 3.06. The van der Waals surface area contributed by atoms with Crippen molar-refractivity contribution in [3.8, 4) is 0 Å². The predicted octanol–water partition coefficient (Wildman–Crippen LogP) is -2.07. The van der Waals surface area contributed by atoms with Gasteiger partial charge in [-0.05, 0) is 0 Å². The van der Waals surface area contributed by atoms with Gasteiger partial charge in [0.2, 0.25) is 0 Å². The molecule has 0 saturated carbocycles. The van der Waals surface area contributed by atoms with Crippen molar-refractivity contribution < 1.29 is 47.6 Å². The summed E-state index contributed by atoms with van der Waals surface area (Å²) in [7, 11) is 12.5. The number of likely N-dealkylation sites (N-methyl/N-ethyl adjacent to an activating group) is 4. The number of nitrogens with zero attached hydrogens (tertiary/aromatic N) is 4. The Morgan fingerprint density at radius 1 is 0.395 bits per heavy atom. The smallest absolute Gasteiger partial charge is 0.254 e. The van der Waals surface area contributed by atoms with Crippen LogP contribution >= 0.6 is 0 Å². The van der Waals surface area contributed by atoms with Crippen LogP contribution < -0.4 is 0 Å². The van der Waals surface area contributed by atoms with Crippen molar-refractivity contribution in [2.75, 3.05) is 109 Å². The molecule has 0 aromatic heterocycles. The average Bonchev–Trinajstić information content (AvgIpc) is 2.86. The number of hydrogen-bond acceptors (Lipinski definition) is 10. The largest absolute Gasteiger partial charge is 0.377 e. The molecule has 1 heterocycles. The van der Waals surface area contributed by atoms with Crippen molar-refractivity contribution in [2.24, 2.45) is 0 Å². The lowest BCUT2D eigenvalue weighted by atomic mass is 10.1. The summed E-state index contributed by atoms with van der Waals surface area (Å²) in [6.45, 7) is 0.284. The molecular weight excluding hydrogens is 504 g/mol. The van der Waals surface area contributed by atoms with Crippen molar-refractivity contribution >= 4 is 23.6 Å². The summed E-state index contributed by atoms with van der Waals surface area (Å²) < 4.78 is 34.1. The Hall–Kier alpha value is -2.36. The highest BCUT2D eigenvalue weighted by Gasteiger charge is 2.39. The summed E-state index contributed by atoms with van der Waals surface area (Å²) in [4.78, 5) is 56.6. The highest BCUT2D eigenvalue weighted by Crippen LogP contribution is 2.13. The molecule has 0 aromatic rings. The van der Waals surface area contributed by atoms with E-state index in [1.54, 1.807) is 56.4 Å². The summed E-state index contributed by atoms with van der Waals surface area (Å²) >= 11 is 0. The van der Waals surface area contributed by atoms with Crippen LogP contribution in [0.4, 0.5) is 0 Å². The third kappa shape index (κ3) is 10.8. The number of ether oxygens (including phenoxy) is 6. The van der Waals surface area contributed by atoms with Gasteiger partial charge in [0.25, 0.3) is 23.6 Å². The average molecular weight is 549 g/mol. The van der Waals surface area contributed by atoms with Crippen LogP contribution in [0.1, 0.15) is 0 Å². The molecule has 4 amide bonds. The van der Waals surface area contributed by atoms with E-state index in [1.807, 2.05) is 0 Å². The van der Waals surface area contributed by atoms with Crippen molar-refractivity contribution in [1.29, 1.82) is 0 Å². The van der Waals surface area contributed by atoms with Gasteiger partial charge in [-0.25, -0.2) is 0 Å². The topological polar surface area (TPSA) is 137 Å². The van der Waals surface area contributed by atoms with E-state index in [-0.39, 0.29) is 52.9 Å². The molecule has 38 heavy (non-hydrogen) atoms. The van der Waals surface area contributed by atoms with Crippen LogP contribution in [0.3, 0.4) is 0 Å². The lowest BCUT2D eigenvalue weighted by Crippen LogP contribution is -2.52. The van der Waals surface area contributed by atoms with Gasteiger partial charge in [0.15, 0.2) is 24.4 Å². The maximum Gasteiger partial charge on any atom is 0.254 e. The molecule has 0 N–H and O–H groups in total.